The minimum Gasteiger partial charge on any atom is -0.481 e. The molecule has 15 nitrogen and oxygen atoms in total. The number of nitrogens with one attached hydrogen (secondary N) is 3. The van der Waals surface area contributed by atoms with Crippen LogP contribution in [0.1, 0.15) is 113 Å². The molecule has 1 aromatic carbocycles. The van der Waals surface area contributed by atoms with Crippen molar-refractivity contribution >= 4 is 46.6 Å². The number of H-pyrrole nitrogens is 1. The third kappa shape index (κ3) is 17.9. The van der Waals surface area contributed by atoms with E-state index in [-0.39, 0.29) is 42.1 Å². The van der Waals surface area contributed by atoms with Crippen molar-refractivity contribution in [1.82, 2.24) is 25.3 Å². The fraction of sp³-hybridized carbons (Fsp3) is 0.459. The summed E-state index contributed by atoms with van der Waals surface area (Å²) in [6, 6.07) is 4.86. The first-order valence-electron chi connectivity index (χ1n) is 17.6. The van der Waals surface area contributed by atoms with Gasteiger partial charge in [0.2, 0.25) is 5.95 Å². The van der Waals surface area contributed by atoms with Gasteiger partial charge in [-0.3, -0.25) is 24.2 Å². The normalized spacial score (nSPS) is 11.6. The average Bonchev–Trinajstić information content (AvgIpc) is 3.11. The van der Waals surface area contributed by atoms with Crippen LogP contribution in [0.15, 0.2) is 59.6 Å². The maximum absolute atomic E-state index is 12.3. The highest BCUT2D eigenvalue weighted by molar-refractivity contribution is 5.97. The van der Waals surface area contributed by atoms with Crippen LogP contribution < -0.4 is 21.9 Å². The Labute approximate surface area is 302 Å². The van der Waals surface area contributed by atoms with Gasteiger partial charge in [-0.1, -0.05) is 63.3 Å². The summed E-state index contributed by atoms with van der Waals surface area (Å²) in [6.45, 7) is 2.47. The summed E-state index contributed by atoms with van der Waals surface area (Å²) in [5.74, 6) is -3.83. The first kappa shape index (κ1) is 42.6. The van der Waals surface area contributed by atoms with E-state index in [1.165, 1.54) is 63.3 Å². The maximum atomic E-state index is 12.3. The van der Waals surface area contributed by atoms with E-state index in [0.717, 1.165) is 25.7 Å². The number of hydrogen-bond donors (Lipinski definition) is 7. The Kier molecular flexibility index (Phi) is 20.1. The van der Waals surface area contributed by atoms with E-state index in [4.69, 9.17) is 21.1 Å². The molecular weight excluding hydrogens is 670 g/mol. The Morgan fingerprint density at radius 3 is 2.12 bits per heavy atom. The average molecular weight is 722 g/mol. The Bertz CT molecular complexity index is 1690. The van der Waals surface area contributed by atoms with Crippen molar-refractivity contribution in [2.24, 2.45) is 0 Å². The number of carbonyl (C=O) groups excluding carboxylic acids is 1. The molecule has 0 fully saturated rings. The lowest BCUT2D eigenvalue weighted by atomic mass is 10.1. The molecule has 1 atom stereocenters. The minimum absolute atomic E-state index is 0.0524. The van der Waals surface area contributed by atoms with E-state index in [9.17, 15) is 24.0 Å². The number of fused-ring (bicyclic) bond motifs is 1. The number of carbonyl (C=O) groups is 4. The molecule has 282 valence electrons. The molecule has 2 heterocycles. The van der Waals surface area contributed by atoms with Crippen molar-refractivity contribution < 1.29 is 34.5 Å². The molecule has 0 bridgehead atoms. The summed E-state index contributed by atoms with van der Waals surface area (Å²) >= 11 is 0. The minimum atomic E-state index is -1.31. The maximum Gasteiger partial charge on any atom is 0.326 e. The highest BCUT2D eigenvalue weighted by atomic mass is 16.4. The Balaban J connectivity index is 0.000000405. The first-order valence-corrected chi connectivity index (χ1v) is 17.6. The van der Waals surface area contributed by atoms with Gasteiger partial charge in [-0.05, 0) is 69.2 Å². The van der Waals surface area contributed by atoms with Crippen LogP contribution in [-0.2, 0) is 20.9 Å². The number of nitrogens with zero attached hydrogens (tertiary/aromatic N) is 3. The largest absolute Gasteiger partial charge is 0.481 e. The molecule has 0 spiro atoms. The van der Waals surface area contributed by atoms with E-state index >= 15 is 0 Å². The van der Waals surface area contributed by atoms with E-state index in [1.54, 1.807) is 12.1 Å². The van der Waals surface area contributed by atoms with Gasteiger partial charge in [0.1, 0.15) is 6.04 Å². The van der Waals surface area contributed by atoms with Gasteiger partial charge in [0, 0.05) is 24.1 Å². The number of rotatable bonds is 23. The Hall–Kier alpha value is -5.60. The lowest BCUT2D eigenvalue weighted by Gasteiger charge is -2.14. The number of amides is 1. The molecule has 8 N–H and O–H groups in total. The number of allylic oxidation sites excluding steroid dienone is 4. The van der Waals surface area contributed by atoms with Crippen molar-refractivity contribution in [1.29, 1.82) is 0 Å². The Morgan fingerprint density at radius 1 is 0.846 bits per heavy atom. The fourth-order valence-corrected chi connectivity index (χ4v) is 4.84. The molecule has 1 amide bonds. The molecule has 15 heteroatoms. The zero-order chi connectivity index (χ0) is 38.1. The zero-order valence-corrected chi connectivity index (χ0v) is 29.7. The van der Waals surface area contributed by atoms with Crippen molar-refractivity contribution in [3.05, 3.63) is 76.4 Å². The van der Waals surface area contributed by atoms with Crippen LogP contribution in [0.4, 0.5) is 11.6 Å². The standard InChI is InChI=1S/C19H19N7O6.C18H32O2/c20-19-25-15-14(17(30)26-19)23-11(8-22-15)7-21-10-3-1-9(2-4-10)16(29)24-12(18(31)32)5-6-13(27)28;1-2-3-4-5-6-7-8-9-10-11-12-13-14-15-16-17-18(19)20/h1-4,8,12,21H,5-7H2,(H,24,29)(H,27,28)(H,31,32)(H3,20,22,25,26,30);6-7,9-10H,2-5,8,11-17H2,1H3,(H,19,20)/b;7-6-,10-9-. The van der Waals surface area contributed by atoms with Crippen LogP contribution in [0.3, 0.4) is 0 Å². The van der Waals surface area contributed by atoms with Gasteiger partial charge < -0.3 is 31.7 Å². The van der Waals surface area contributed by atoms with E-state index in [0.29, 0.717) is 17.8 Å². The number of nitrogens with two attached hydrogens (primary N) is 1. The number of aliphatic carboxylic acids is 3. The number of hydrogen-bond acceptors (Lipinski definition) is 10. The highest BCUT2D eigenvalue weighted by Crippen LogP contribution is 2.13. The lowest BCUT2D eigenvalue weighted by Crippen LogP contribution is -2.41. The zero-order valence-electron chi connectivity index (χ0n) is 29.7. The van der Waals surface area contributed by atoms with Gasteiger partial charge in [-0.25, -0.2) is 14.8 Å². The SMILES string of the molecule is CCCCC/C=C\C/C=C\CCCCCCCC(=O)O.Nc1nc2ncc(CNc3ccc(C(=O)NC(CCC(=O)O)C(=O)O)cc3)nc2c(=O)[nH]1. The quantitative estimate of drug-likeness (QED) is 0.0449. The first-order chi connectivity index (χ1) is 25.0. The predicted molar refractivity (Wildman–Crippen MR) is 199 cm³/mol. The van der Waals surface area contributed by atoms with Gasteiger partial charge in [-0.15, -0.1) is 0 Å². The van der Waals surface area contributed by atoms with Crippen LogP contribution in [0.2, 0.25) is 0 Å². The van der Waals surface area contributed by atoms with Gasteiger partial charge in [0.15, 0.2) is 11.2 Å². The van der Waals surface area contributed by atoms with Crippen molar-refractivity contribution in [2.75, 3.05) is 11.1 Å². The van der Waals surface area contributed by atoms with Crippen LogP contribution >= 0.6 is 0 Å². The smallest absolute Gasteiger partial charge is 0.326 e. The highest BCUT2D eigenvalue weighted by Gasteiger charge is 2.21. The summed E-state index contributed by atoms with van der Waals surface area (Å²) in [4.78, 5) is 70.9. The van der Waals surface area contributed by atoms with Gasteiger partial charge in [0.05, 0.1) is 18.4 Å². The molecule has 0 aliphatic carbocycles. The topological polar surface area (TPSA) is 251 Å². The van der Waals surface area contributed by atoms with Crippen LogP contribution in [0.5, 0.6) is 0 Å². The second kappa shape index (κ2) is 24.5. The third-order valence-corrected chi connectivity index (χ3v) is 7.70. The van der Waals surface area contributed by atoms with E-state index in [2.05, 4.69) is 61.8 Å². The molecule has 52 heavy (non-hydrogen) atoms. The predicted octanol–water partition coefficient (Wildman–Crippen LogP) is 5.84. The van der Waals surface area contributed by atoms with E-state index in [1.807, 2.05) is 0 Å². The summed E-state index contributed by atoms with van der Waals surface area (Å²) in [7, 11) is 0. The molecule has 1 unspecified atom stereocenters. The molecule has 3 rings (SSSR count). The molecule has 2 aromatic heterocycles. The molecule has 0 aliphatic rings. The molecule has 0 aliphatic heterocycles. The fourth-order valence-electron chi connectivity index (χ4n) is 4.84. The summed E-state index contributed by atoms with van der Waals surface area (Å²) in [5, 5.41) is 31.7. The van der Waals surface area contributed by atoms with E-state index < -0.39 is 35.4 Å². The molecule has 0 radical (unpaired) electrons. The van der Waals surface area contributed by atoms with Gasteiger partial charge in [0.25, 0.3) is 11.5 Å². The van der Waals surface area contributed by atoms with Gasteiger partial charge >= 0.3 is 17.9 Å². The van der Waals surface area contributed by atoms with Crippen LogP contribution in [-0.4, -0.2) is 65.1 Å². The molecule has 0 saturated heterocycles. The second-order valence-corrected chi connectivity index (χ2v) is 12.1. The van der Waals surface area contributed by atoms with Crippen molar-refractivity contribution in [3.8, 4) is 0 Å². The second-order valence-electron chi connectivity index (χ2n) is 12.1. The number of aromatic nitrogens is 4. The van der Waals surface area contributed by atoms with Crippen LogP contribution in [0.25, 0.3) is 11.2 Å². The number of carboxylic acids is 3. The summed E-state index contributed by atoms with van der Waals surface area (Å²) in [6.07, 6.45) is 23.1. The number of carboxylic acid groups (broad SMARTS) is 3. The number of anilines is 2. The number of benzene rings is 1. The van der Waals surface area contributed by atoms with Gasteiger partial charge in [-0.2, -0.15) is 4.98 Å². The number of aromatic amines is 1. The molecular formula is C37H51N7O8. The van der Waals surface area contributed by atoms with Crippen molar-refractivity contribution in [3.63, 3.8) is 0 Å². The Morgan fingerprint density at radius 2 is 1.48 bits per heavy atom. The molecule has 0 saturated carbocycles. The summed E-state index contributed by atoms with van der Waals surface area (Å²) in [5.41, 5.74) is 6.47. The van der Waals surface area contributed by atoms with Crippen LogP contribution in [0, 0.1) is 0 Å². The monoisotopic (exact) mass is 721 g/mol. The summed E-state index contributed by atoms with van der Waals surface area (Å²) < 4.78 is 0. The lowest BCUT2D eigenvalue weighted by molar-refractivity contribution is -0.141. The number of unbranched alkanes of at least 4 members (excludes halogenated alkanes) is 8. The van der Waals surface area contributed by atoms with Crippen molar-refractivity contribution in [2.45, 2.75) is 109 Å². The number of nitrogen functional groups attached to an aromatic ring is 1. The molecule has 3 aromatic rings. The third-order valence-electron chi connectivity index (χ3n) is 7.70.